The second-order valence-electron chi connectivity index (χ2n) is 5.19. The molecule has 0 saturated heterocycles. The van der Waals surface area contributed by atoms with Crippen LogP contribution in [0.3, 0.4) is 0 Å². The van der Waals surface area contributed by atoms with E-state index in [0.717, 1.165) is 23.4 Å². The molecule has 2 aliphatic rings. The van der Waals surface area contributed by atoms with E-state index in [0.29, 0.717) is 18.9 Å². The second kappa shape index (κ2) is 3.76. The minimum absolute atomic E-state index is 0.0731. The van der Waals surface area contributed by atoms with E-state index >= 15 is 0 Å². The molecular weight excluding hydrogens is 247 g/mol. The van der Waals surface area contributed by atoms with Crippen LogP contribution in [0.1, 0.15) is 35.7 Å². The fourth-order valence-corrected chi connectivity index (χ4v) is 3.06. The first-order chi connectivity index (χ1) is 9.24. The molecule has 6 heteroatoms. The summed E-state index contributed by atoms with van der Waals surface area (Å²) in [4.78, 5) is 0. The fourth-order valence-electron chi connectivity index (χ4n) is 3.06. The number of hydrogen-bond acceptors (Lipinski definition) is 4. The molecule has 19 heavy (non-hydrogen) atoms. The Bertz CT molecular complexity index is 654. The molecule has 5 nitrogen and oxygen atoms in total. The highest BCUT2D eigenvalue weighted by atomic mass is 19.1. The van der Waals surface area contributed by atoms with Gasteiger partial charge in [0.2, 0.25) is 0 Å². The van der Waals surface area contributed by atoms with Crippen molar-refractivity contribution >= 4 is 0 Å². The lowest BCUT2D eigenvalue weighted by molar-refractivity contribution is 0.355. The number of nitrogens with zero attached hydrogens (tertiary/aromatic N) is 4. The van der Waals surface area contributed by atoms with Gasteiger partial charge in [0, 0.05) is 24.3 Å². The van der Waals surface area contributed by atoms with E-state index in [4.69, 9.17) is 4.74 Å². The first kappa shape index (κ1) is 10.9. The van der Waals surface area contributed by atoms with Gasteiger partial charge in [0.05, 0.1) is 13.2 Å². The summed E-state index contributed by atoms with van der Waals surface area (Å²) in [7, 11) is 0. The van der Waals surface area contributed by atoms with Crippen LogP contribution in [0.15, 0.2) is 12.1 Å². The van der Waals surface area contributed by atoms with E-state index < -0.39 is 0 Å². The maximum Gasteiger partial charge on any atom is 0.154 e. The van der Waals surface area contributed by atoms with Crippen LogP contribution >= 0.6 is 0 Å². The lowest BCUT2D eigenvalue weighted by Gasteiger charge is -2.16. The summed E-state index contributed by atoms with van der Waals surface area (Å²) in [6, 6.07) is 3.45. The zero-order valence-corrected chi connectivity index (χ0v) is 10.5. The van der Waals surface area contributed by atoms with Crippen LogP contribution in [0.4, 0.5) is 4.39 Å². The number of benzene rings is 1. The Kier molecular flexibility index (Phi) is 2.15. The Morgan fingerprint density at radius 2 is 2.32 bits per heavy atom. The van der Waals surface area contributed by atoms with Crippen molar-refractivity contribution in [1.29, 1.82) is 0 Å². The highest BCUT2D eigenvalue weighted by Crippen LogP contribution is 2.41. The predicted molar refractivity (Wildman–Crippen MR) is 64.6 cm³/mol. The molecule has 0 radical (unpaired) electrons. The van der Waals surface area contributed by atoms with E-state index in [-0.39, 0.29) is 17.7 Å². The molecule has 4 rings (SSSR count). The third-order valence-electron chi connectivity index (χ3n) is 4.15. The normalized spacial score (nSPS) is 24.1. The van der Waals surface area contributed by atoms with Gasteiger partial charge in [-0.05, 0) is 27.6 Å². The van der Waals surface area contributed by atoms with Crippen molar-refractivity contribution in [3.05, 3.63) is 34.9 Å². The van der Waals surface area contributed by atoms with Gasteiger partial charge in [0.1, 0.15) is 11.6 Å². The van der Waals surface area contributed by atoms with Crippen molar-refractivity contribution in [3.63, 3.8) is 0 Å². The Morgan fingerprint density at radius 3 is 3.16 bits per heavy atom. The summed E-state index contributed by atoms with van der Waals surface area (Å²) in [5.41, 5.74) is 1.84. The molecule has 0 bridgehead atoms. The first-order valence-electron chi connectivity index (χ1n) is 6.45. The predicted octanol–water partition coefficient (Wildman–Crippen LogP) is 1.65. The molecule has 0 N–H and O–H groups in total. The lowest BCUT2D eigenvalue weighted by Crippen LogP contribution is -2.08. The Morgan fingerprint density at radius 1 is 1.42 bits per heavy atom. The number of rotatable bonds is 1. The molecule has 0 unspecified atom stereocenters. The van der Waals surface area contributed by atoms with Gasteiger partial charge >= 0.3 is 0 Å². The SMILES string of the molecule is C[C@@H]1c2nnnn2C[C@H]1c1cc2c(cc1F)OCC2. The average molecular weight is 260 g/mol. The van der Waals surface area contributed by atoms with Gasteiger partial charge < -0.3 is 4.74 Å². The Hall–Kier alpha value is -1.98. The largest absolute Gasteiger partial charge is 0.493 e. The molecule has 2 atom stereocenters. The average Bonchev–Trinajstić information content (AvgIpc) is 3.06. The van der Waals surface area contributed by atoms with Gasteiger partial charge in [-0.3, -0.25) is 0 Å². The van der Waals surface area contributed by atoms with Gasteiger partial charge in [0.15, 0.2) is 5.82 Å². The molecule has 1 aromatic carbocycles. The standard InChI is InChI=1S/C13H13FN4O/c1-7-10(6-18-13(7)15-16-17-18)9-4-8-2-3-19-12(8)5-11(9)14/h4-5,7,10H,2-3,6H2,1H3/t7-,10+/m0/s1. The molecule has 2 aliphatic heterocycles. The first-order valence-corrected chi connectivity index (χ1v) is 6.45. The van der Waals surface area contributed by atoms with Crippen molar-refractivity contribution in [2.24, 2.45) is 0 Å². The zero-order chi connectivity index (χ0) is 13.0. The van der Waals surface area contributed by atoms with E-state index in [2.05, 4.69) is 15.5 Å². The summed E-state index contributed by atoms with van der Waals surface area (Å²) in [6.07, 6.45) is 0.855. The summed E-state index contributed by atoms with van der Waals surface area (Å²) < 4.78 is 21.4. The van der Waals surface area contributed by atoms with E-state index in [9.17, 15) is 4.39 Å². The third kappa shape index (κ3) is 1.49. The zero-order valence-electron chi connectivity index (χ0n) is 10.5. The summed E-state index contributed by atoms with van der Waals surface area (Å²) >= 11 is 0. The van der Waals surface area contributed by atoms with Crippen LogP contribution < -0.4 is 4.74 Å². The van der Waals surface area contributed by atoms with Gasteiger partial charge in [-0.1, -0.05) is 6.92 Å². The molecule has 0 saturated carbocycles. The summed E-state index contributed by atoms with van der Waals surface area (Å²) in [5.74, 6) is 1.52. The second-order valence-corrected chi connectivity index (χ2v) is 5.19. The summed E-state index contributed by atoms with van der Waals surface area (Å²) in [6.45, 7) is 3.33. The molecule has 98 valence electrons. The van der Waals surface area contributed by atoms with Crippen LogP contribution in [0, 0.1) is 5.82 Å². The van der Waals surface area contributed by atoms with E-state index in [1.807, 2.05) is 13.0 Å². The number of ether oxygens (including phenoxy) is 1. The van der Waals surface area contributed by atoms with E-state index in [1.165, 1.54) is 6.07 Å². The lowest BCUT2D eigenvalue weighted by atomic mass is 9.88. The number of fused-ring (bicyclic) bond motifs is 2. The van der Waals surface area contributed by atoms with Crippen LogP contribution in [0.5, 0.6) is 5.75 Å². The van der Waals surface area contributed by atoms with Crippen molar-refractivity contribution in [1.82, 2.24) is 20.2 Å². The quantitative estimate of drug-likeness (QED) is 0.782. The summed E-state index contributed by atoms with van der Waals surface area (Å²) in [5, 5.41) is 11.6. The Labute approximate surface area is 109 Å². The molecule has 0 amide bonds. The number of halogens is 1. The van der Waals surface area contributed by atoms with Gasteiger partial charge in [-0.2, -0.15) is 0 Å². The minimum atomic E-state index is -0.198. The van der Waals surface area contributed by atoms with Crippen molar-refractivity contribution < 1.29 is 9.13 Å². The molecule has 0 aliphatic carbocycles. The smallest absolute Gasteiger partial charge is 0.154 e. The fraction of sp³-hybridized carbons (Fsp3) is 0.462. The number of tetrazole rings is 1. The van der Waals surface area contributed by atoms with Crippen LogP contribution in [-0.2, 0) is 13.0 Å². The van der Waals surface area contributed by atoms with Crippen molar-refractivity contribution in [2.45, 2.75) is 31.7 Å². The molecule has 3 heterocycles. The maximum absolute atomic E-state index is 14.3. The maximum atomic E-state index is 14.3. The van der Waals surface area contributed by atoms with Crippen molar-refractivity contribution in [3.8, 4) is 5.75 Å². The number of hydrogen-bond donors (Lipinski definition) is 0. The van der Waals surface area contributed by atoms with Gasteiger partial charge in [-0.15, -0.1) is 5.10 Å². The molecule has 0 fully saturated rings. The topological polar surface area (TPSA) is 52.8 Å². The molecule has 0 spiro atoms. The molecule has 2 aromatic rings. The minimum Gasteiger partial charge on any atom is -0.493 e. The third-order valence-corrected chi connectivity index (χ3v) is 4.15. The van der Waals surface area contributed by atoms with Crippen LogP contribution in [0.2, 0.25) is 0 Å². The molecular formula is C13H13FN4O. The van der Waals surface area contributed by atoms with Crippen LogP contribution in [-0.4, -0.2) is 26.8 Å². The monoisotopic (exact) mass is 260 g/mol. The highest BCUT2D eigenvalue weighted by molar-refractivity contribution is 5.43. The number of aromatic nitrogens is 4. The highest BCUT2D eigenvalue weighted by Gasteiger charge is 2.35. The van der Waals surface area contributed by atoms with Crippen LogP contribution in [0.25, 0.3) is 0 Å². The van der Waals surface area contributed by atoms with Gasteiger partial charge in [-0.25, -0.2) is 9.07 Å². The van der Waals surface area contributed by atoms with Crippen molar-refractivity contribution in [2.75, 3.05) is 6.61 Å². The molecule has 1 aromatic heterocycles. The Balaban J connectivity index is 1.76. The van der Waals surface area contributed by atoms with Gasteiger partial charge in [0.25, 0.3) is 0 Å². The van der Waals surface area contributed by atoms with E-state index in [1.54, 1.807) is 4.68 Å².